The minimum atomic E-state index is -4.46. The Morgan fingerprint density at radius 1 is 1.31 bits per heavy atom. The van der Waals surface area contributed by atoms with Gasteiger partial charge in [-0.05, 0) is 25.8 Å². The molecule has 1 amide bonds. The predicted octanol–water partition coefficient (Wildman–Crippen LogP) is 2.79. The number of aromatic nitrogens is 1. The number of amides is 1. The third-order valence-corrected chi connectivity index (χ3v) is 5.36. The first kappa shape index (κ1) is 19.2. The quantitative estimate of drug-likeness (QED) is 0.843. The number of alkyl halides is 3. The number of carbonyl (C=O) groups excluding carboxylic acids is 1. The zero-order valence-corrected chi connectivity index (χ0v) is 15.3. The number of piperidine rings is 1. The molecule has 26 heavy (non-hydrogen) atoms. The number of nitrogens with one attached hydrogen (secondary N) is 1. The lowest BCUT2D eigenvalue weighted by molar-refractivity contribution is -0.139. The van der Waals surface area contributed by atoms with E-state index in [1.165, 1.54) is 0 Å². The Hall–Kier alpha value is -1.54. The van der Waals surface area contributed by atoms with E-state index in [-0.39, 0.29) is 22.9 Å². The molecule has 144 valence electrons. The van der Waals surface area contributed by atoms with Crippen LogP contribution in [0, 0.1) is 5.92 Å². The molecule has 1 atom stereocenters. The van der Waals surface area contributed by atoms with Crippen LogP contribution in [-0.4, -0.2) is 54.6 Å². The second kappa shape index (κ2) is 7.60. The summed E-state index contributed by atoms with van der Waals surface area (Å²) in [6, 6.07) is 1.09. The average molecular weight is 391 g/mol. The molecule has 2 aliphatic heterocycles. The van der Waals surface area contributed by atoms with Crippen LogP contribution >= 0.6 is 11.6 Å². The first-order valence-electron chi connectivity index (χ1n) is 8.76. The molecule has 0 radical (unpaired) electrons. The lowest BCUT2D eigenvalue weighted by Gasteiger charge is -2.39. The van der Waals surface area contributed by atoms with Gasteiger partial charge in [-0.1, -0.05) is 11.6 Å². The third-order valence-electron chi connectivity index (χ3n) is 5.08. The van der Waals surface area contributed by atoms with Crippen LogP contribution in [0.1, 0.15) is 25.3 Å². The van der Waals surface area contributed by atoms with Crippen molar-refractivity contribution < 1.29 is 18.0 Å². The molecule has 2 saturated heterocycles. The van der Waals surface area contributed by atoms with Crippen molar-refractivity contribution >= 4 is 23.3 Å². The highest BCUT2D eigenvalue weighted by atomic mass is 35.5. The van der Waals surface area contributed by atoms with Gasteiger partial charge in [-0.25, -0.2) is 4.98 Å². The lowest BCUT2D eigenvalue weighted by Crippen LogP contribution is -2.54. The number of pyridine rings is 1. The minimum absolute atomic E-state index is 0.0136. The maximum absolute atomic E-state index is 12.7. The topological polar surface area (TPSA) is 48.5 Å². The Labute approximate surface area is 155 Å². The van der Waals surface area contributed by atoms with Gasteiger partial charge >= 0.3 is 6.18 Å². The van der Waals surface area contributed by atoms with Gasteiger partial charge in [0.05, 0.1) is 10.6 Å². The minimum Gasteiger partial charge on any atom is -0.355 e. The van der Waals surface area contributed by atoms with Gasteiger partial charge in [0.1, 0.15) is 5.82 Å². The summed E-state index contributed by atoms with van der Waals surface area (Å²) in [6.07, 6.45) is -2.36. The average Bonchev–Trinajstić information content (AvgIpc) is 2.61. The summed E-state index contributed by atoms with van der Waals surface area (Å²) in [4.78, 5) is 20.4. The summed E-state index contributed by atoms with van der Waals surface area (Å²) < 4.78 is 38.2. The van der Waals surface area contributed by atoms with Gasteiger partial charge in [-0.15, -0.1) is 0 Å². The maximum Gasteiger partial charge on any atom is 0.417 e. The van der Waals surface area contributed by atoms with Gasteiger partial charge in [-0.3, -0.25) is 4.79 Å². The van der Waals surface area contributed by atoms with Gasteiger partial charge in [0.15, 0.2) is 0 Å². The molecule has 0 aliphatic carbocycles. The molecule has 0 saturated carbocycles. The molecule has 3 rings (SSSR count). The highest BCUT2D eigenvalue weighted by Gasteiger charge is 2.34. The number of nitrogens with zero attached hydrogens (tertiary/aromatic N) is 3. The van der Waals surface area contributed by atoms with Gasteiger partial charge < -0.3 is 15.1 Å². The SMILES string of the molecule is C[C@H]1CNCCN1C(=O)C1CCN(c2ncc(C(F)(F)F)cc2Cl)CC1. The molecule has 3 heterocycles. The highest BCUT2D eigenvalue weighted by molar-refractivity contribution is 6.33. The summed E-state index contributed by atoms with van der Waals surface area (Å²) in [5, 5.41) is 3.25. The number of piperazine rings is 1. The van der Waals surface area contributed by atoms with Crippen molar-refractivity contribution in [2.75, 3.05) is 37.6 Å². The van der Waals surface area contributed by atoms with Crippen LogP contribution in [0.4, 0.5) is 19.0 Å². The van der Waals surface area contributed by atoms with Crippen LogP contribution in [0.5, 0.6) is 0 Å². The number of anilines is 1. The van der Waals surface area contributed by atoms with Crippen molar-refractivity contribution in [3.8, 4) is 0 Å². The van der Waals surface area contributed by atoms with Crippen molar-refractivity contribution in [1.82, 2.24) is 15.2 Å². The fourth-order valence-corrected chi connectivity index (χ4v) is 3.85. The number of hydrogen-bond donors (Lipinski definition) is 1. The zero-order chi connectivity index (χ0) is 18.9. The van der Waals surface area contributed by atoms with Gasteiger partial charge in [0, 0.05) is 50.9 Å². The number of hydrogen-bond acceptors (Lipinski definition) is 4. The Bertz CT molecular complexity index is 662. The molecule has 0 bridgehead atoms. The van der Waals surface area contributed by atoms with E-state index < -0.39 is 11.7 Å². The van der Waals surface area contributed by atoms with Gasteiger partial charge in [0.2, 0.25) is 5.91 Å². The first-order valence-corrected chi connectivity index (χ1v) is 9.14. The largest absolute Gasteiger partial charge is 0.417 e. The molecular weight excluding hydrogens is 369 g/mol. The number of carbonyl (C=O) groups is 1. The molecule has 0 unspecified atom stereocenters. The molecular formula is C17H22ClF3N4O. The summed E-state index contributed by atoms with van der Waals surface area (Å²) in [5.74, 6) is 0.464. The van der Waals surface area contributed by atoms with Crippen LogP contribution < -0.4 is 10.2 Å². The first-order chi connectivity index (χ1) is 12.3. The van der Waals surface area contributed by atoms with E-state index in [4.69, 9.17) is 11.6 Å². The Morgan fingerprint density at radius 3 is 2.58 bits per heavy atom. The molecule has 1 N–H and O–H groups in total. The molecule has 9 heteroatoms. The van der Waals surface area contributed by atoms with E-state index in [0.29, 0.717) is 38.3 Å². The highest BCUT2D eigenvalue weighted by Crippen LogP contribution is 2.34. The van der Waals surface area contributed by atoms with Crippen molar-refractivity contribution in [3.63, 3.8) is 0 Å². The summed E-state index contributed by atoms with van der Waals surface area (Å²) in [6.45, 7) is 5.46. The van der Waals surface area contributed by atoms with Crippen LogP contribution in [-0.2, 0) is 11.0 Å². The normalized spacial score (nSPS) is 22.6. The summed E-state index contributed by atoms with van der Waals surface area (Å²) in [5.41, 5.74) is -0.857. The smallest absolute Gasteiger partial charge is 0.355 e. The van der Waals surface area contributed by atoms with E-state index in [1.807, 2.05) is 16.7 Å². The maximum atomic E-state index is 12.7. The van der Waals surface area contributed by atoms with E-state index >= 15 is 0 Å². The van der Waals surface area contributed by atoms with Crippen LogP contribution in [0.15, 0.2) is 12.3 Å². The van der Waals surface area contributed by atoms with E-state index in [0.717, 1.165) is 25.4 Å². The molecule has 5 nitrogen and oxygen atoms in total. The molecule has 2 aliphatic rings. The van der Waals surface area contributed by atoms with Crippen molar-refractivity contribution in [1.29, 1.82) is 0 Å². The predicted molar refractivity (Wildman–Crippen MR) is 93.2 cm³/mol. The van der Waals surface area contributed by atoms with Crippen LogP contribution in [0.3, 0.4) is 0 Å². The van der Waals surface area contributed by atoms with Crippen LogP contribution in [0.2, 0.25) is 5.02 Å². The number of halogens is 4. The van der Waals surface area contributed by atoms with Crippen molar-refractivity contribution in [2.24, 2.45) is 5.92 Å². The van der Waals surface area contributed by atoms with E-state index in [9.17, 15) is 18.0 Å². The Balaban J connectivity index is 1.62. The molecule has 1 aromatic heterocycles. The molecule has 0 aromatic carbocycles. The Kier molecular flexibility index (Phi) is 5.62. The molecule has 0 spiro atoms. The summed E-state index contributed by atoms with van der Waals surface area (Å²) >= 11 is 6.02. The zero-order valence-electron chi connectivity index (χ0n) is 14.5. The fourth-order valence-electron chi connectivity index (χ4n) is 3.56. The van der Waals surface area contributed by atoms with Gasteiger partial charge in [-0.2, -0.15) is 13.2 Å². The standard InChI is InChI=1S/C17H22ClF3N4O/c1-11-9-22-4-7-25(11)16(26)12-2-5-24(6-3-12)15-14(18)8-13(10-23-15)17(19,20)21/h8,10-12,22H,2-7,9H2,1H3/t11-/m0/s1. The third kappa shape index (κ3) is 4.06. The molecule has 2 fully saturated rings. The number of rotatable bonds is 2. The fraction of sp³-hybridized carbons (Fsp3) is 0.647. The monoisotopic (exact) mass is 390 g/mol. The van der Waals surface area contributed by atoms with Gasteiger partial charge in [0.25, 0.3) is 0 Å². The Morgan fingerprint density at radius 2 is 2.00 bits per heavy atom. The lowest BCUT2D eigenvalue weighted by atomic mass is 9.94. The van der Waals surface area contributed by atoms with Crippen LogP contribution in [0.25, 0.3) is 0 Å². The molecule has 1 aromatic rings. The van der Waals surface area contributed by atoms with Crippen molar-refractivity contribution in [2.45, 2.75) is 32.0 Å². The second-order valence-corrected chi connectivity index (χ2v) is 7.28. The summed E-state index contributed by atoms with van der Waals surface area (Å²) in [7, 11) is 0. The van der Waals surface area contributed by atoms with E-state index in [2.05, 4.69) is 10.3 Å². The van der Waals surface area contributed by atoms with E-state index in [1.54, 1.807) is 0 Å². The second-order valence-electron chi connectivity index (χ2n) is 6.87. The van der Waals surface area contributed by atoms with Crippen molar-refractivity contribution in [3.05, 3.63) is 22.8 Å².